The first-order valence-electron chi connectivity index (χ1n) is 10.2. The van der Waals surface area contributed by atoms with E-state index in [9.17, 15) is 4.79 Å². The summed E-state index contributed by atoms with van der Waals surface area (Å²) in [6, 6.07) is 9.86. The third kappa shape index (κ3) is 4.91. The van der Waals surface area contributed by atoms with Crippen LogP contribution in [0.15, 0.2) is 47.1 Å². The lowest BCUT2D eigenvalue weighted by molar-refractivity contribution is -0.116. The van der Waals surface area contributed by atoms with Crippen molar-refractivity contribution in [3.8, 4) is 22.6 Å². The Hall–Kier alpha value is -3.25. The van der Waals surface area contributed by atoms with Crippen molar-refractivity contribution in [1.29, 1.82) is 0 Å². The first-order chi connectivity index (χ1) is 15.0. The number of nitrogens with one attached hydrogen (secondary N) is 1. The number of amides is 1. The number of methoxy groups -OCH3 is 3. The van der Waals surface area contributed by atoms with E-state index in [2.05, 4.69) is 5.32 Å². The second-order valence-electron chi connectivity index (χ2n) is 7.30. The summed E-state index contributed by atoms with van der Waals surface area (Å²) in [6.45, 7) is 5.05. The van der Waals surface area contributed by atoms with E-state index in [0.717, 1.165) is 51.0 Å². The Morgan fingerprint density at radius 1 is 1.13 bits per heavy atom. The van der Waals surface area contributed by atoms with Gasteiger partial charge < -0.3 is 23.9 Å². The molecule has 0 atom stereocenters. The number of hydrogen-bond donors (Lipinski definition) is 1. The molecule has 3 rings (SSSR count). The Balaban J connectivity index is 2.00. The van der Waals surface area contributed by atoms with Crippen LogP contribution >= 0.6 is 0 Å². The lowest BCUT2D eigenvalue weighted by Gasteiger charge is -2.13. The SMILES string of the molecule is COCCCNC(=O)/C=C(\C)c1cc2c(-c3ccc(OC)cc3)coc2c(C)c1OC. The summed E-state index contributed by atoms with van der Waals surface area (Å²) in [5, 5.41) is 3.85. The van der Waals surface area contributed by atoms with Crippen molar-refractivity contribution in [2.24, 2.45) is 0 Å². The van der Waals surface area contributed by atoms with Crippen molar-refractivity contribution in [3.05, 3.63) is 53.8 Å². The average molecular weight is 424 g/mol. The molecule has 164 valence electrons. The molecule has 0 aliphatic rings. The zero-order valence-electron chi connectivity index (χ0n) is 18.7. The molecule has 0 spiro atoms. The average Bonchev–Trinajstić information content (AvgIpc) is 3.21. The number of aryl methyl sites for hydroxylation is 1. The van der Waals surface area contributed by atoms with Crippen LogP contribution in [0.3, 0.4) is 0 Å². The first kappa shape index (κ1) is 22.4. The minimum atomic E-state index is -0.143. The number of ether oxygens (including phenoxy) is 3. The van der Waals surface area contributed by atoms with Gasteiger partial charge in [-0.25, -0.2) is 0 Å². The standard InChI is InChI=1S/C25H29NO5/c1-16(13-23(27)26-11-6-12-28-3)20-14-21-22(18-7-9-19(29-4)10-8-18)15-31-25(21)17(2)24(20)30-5/h7-10,13-15H,6,11-12H2,1-5H3,(H,26,27)/b16-13+. The van der Waals surface area contributed by atoms with Gasteiger partial charge in [0, 0.05) is 48.4 Å². The summed E-state index contributed by atoms with van der Waals surface area (Å²) in [4.78, 5) is 12.3. The van der Waals surface area contributed by atoms with Crippen LogP contribution in [-0.2, 0) is 9.53 Å². The highest BCUT2D eigenvalue weighted by Crippen LogP contribution is 2.40. The number of fused-ring (bicyclic) bond motifs is 1. The monoisotopic (exact) mass is 423 g/mol. The van der Waals surface area contributed by atoms with Crippen molar-refractivity contribution in [1.82, 2.24) is 5.32 Å². The highest BCUT2D eigenvalue weighted by Gasteiger charge is 2.18. The lowest BCUT2D eigenvalue weighted by Crippen LogP contribution is -2.23. The summed E-state index contributed by atoms with van der Waals surface area (Å²) in [7, 11) is 4.92. The third-order valence-electron chi connectivity index (χ3n) is 5.25. The second kappa shape index (κ2) is 10.2. The molecular weight excluding hydrogens is 394 g/mol. The van der Waals surface area contributed by atoms with Crippen LogP contribution in [0.4, 0.5) is 0 Å². The Labute approximate surface area is 182 Å². The molecule has 0 bridgehead atoms. The van der Waals surface area contributed by atoms with Gasteiger partial charge >= 0.3 is 0 Å². The Morgan fingerprint density at radius 3 is 2.52 bits per heavy atom. The predicted octanol–water partition coefficient (Wildman–Crippen LogP) is 4.98. The zero-order valence-corrected chi connectivity index (χ0v) is 18.7. The summed E-state index contributed by atoms with van der Waals surface area (Å²) in [6.07, 6.45) is 4.12. The first-order valence-corrected chi connectivity index (χ1v) is 10.2. The van der Waals surface area contributed by atoms with Gasteiger partial charge in [-0.2, -0.15) is 0 Å². The topological polar surface area (TPSA) is 69.9 Å². The molecule has 6 heteroatoms. The maximum atomic E-state index is 12.3. The summed E-state index contributed by atoms with van der Waals surface area (Å²) in [5.74, 6) is 1.35. The molecule has 6 nitrogen and oxygen atoms in total. The van der Waals surface area contributed by atoms with E-state index in [0.29, 0.717) is 18.9 Å². The zero-order chi connectivity index (χ0) is 22.4. The Morgan fingerprint density at radius 2 is 1.87 bits per heavy atom. The molecule has 1 heterocycles. The van der Waals surface area contributed by atoms with Crippen LogP contribution in [0.1, 0.15) is 24.5 Å². The fraction of sp³-hybridized carbons (Fsp3) is 0.320. The van der Waals surface area contributed by atoms with E-state index < -0.39 is 0 Å². The van der Waals surface area contributed by atoms with E-state index >= 15 is 0 Å². The molecule has 3 aromatic rings. The number of allylic oxidation sites excluding steroid dienone is 1. The lowest BCUT2D eigenvalue weighted by atomic mass is 9.96. The van der Waals surface area contributed by atoms with E-state index in [-0.39, 0.29) is 5.91 Å². The molecule has 0 aliphatic heterocycles. The number of benzene rings is 2. The highest BCUT2D eigenvalue weighted by atomic mass is 16.5. The molecule has 1 amide bonds. The summed E-state index contributed by atoms with van der Waals surface area (Å²) >= 11 is 0. The maximum Gasteiger partial charge on any atom is 0.244 e. The van der Waals surface area contributed by atoms with Crippen molar-refractivity contribution in [3.63, 3.8) is 0 Å². The number of carbonyl (C=O) groups is 1. The van der Waals surface area contributed by atoms with E-state index in [1.807, 2.05) is 44.2 Å². The van der Waals surface area contributed by atoms with Gasteiger partial charge in [-0.3, -0.25) is 4.79 Å². The van der Waals surface area contributed by atoms with Crippen LogP contribution < -0.4 is 14.8 Å². The number of hydrogen-bond acceptors (Lipinski definition) is 5. The molecule has 0 fully saturated rings. The van der Waals surface area contributed by atoms with E-state index in [1.165, 1.54) is 0 Å². The van der Waals surface area contributed by atoms with Crippen LogP contribution in [0.2, 0.25) is 0 Å². The third-order valence-corrected chi connectivity index (χ3v) is 5.25. The molecule has 2 aromatic carbocycles. The Kier molecular flexibility index (Phi) is 7.36. The summed E-state index contributed by atoms with van der Waals surface area (Å²) in [5.41, 5.74) is 5.32. The molecule has 0 unspecified atom stereocenters. The van der Waals surface area contributed by atoms with Crippen molar-refractivity contribution in [2.45, 2.75) is 20.3 Å². The molecule has 31 heavy (non-hydrogen) atoms. The molecule has 0 saturated heterocycles. The molecule has 0 saturated carbocycles. The predicted molar refractivity (Wildman–Crippen MR) is 123 cm³/mol. The van der Waals surface area contributed by atoms with Crippen molar-refractivity contribution in [2.75, 3.05) is 34.5 Å². The number of rotatable bonds is 9. The largest absolute Gasteiger partial charge is 0.497 e. The van der Waals surface area contributed by atoms with Crippen LogP contribution in [0.25, 0.3) is 27.7 Å². The maximum absolute atomic E-state index is 12.3. The van der Waals surface area contributed by atoms with E-state index in [1.54, 1.807) is 33.7 Å². The minimum absolute atomic E-state index is 0.143. The van der Waals surface area contributed by atoms with Gasteiger partial charge in [0.15, 0.2) is 0 Å². The van der Waals surface area contributed by atoms with E-state index in [4.69, 9.17) is 18.6 Å². The molecule has 1 N–H and O–H groups in total. The van der Waals surface area contributed by atoms with Crippen LogP contribution in [-0.4, -0.2) is 40.4 Å². The normalized spacial score (nSPS) is 11.6. The molecule has 0 aliphatic carbocycles. The number of furan rings is 1. The summed E-state index contributed by atoms with van der Waals surface area (Å²) < 4.78 is 21.9. The highest BCUT2D eigenvalue weighted by molar-refractivity contribution is 6.01. The van der Waals surface area contributed by atoms with Gasteiger partial charge in [-0.1, -0.05) is 12.1 Å². The van der Waals surface area contributed by atoms with Gasteiger partial charge in [0.05, 0.1) is 20.5 Å². The fourth-order valence-electron chi connectivity index (χ4n) is 3.62. The Bertz CT molecular complexity index is 1080. The molecular formula is C25H29NO5. The van der Waals surface area contributed by atoms with Crippen LogP contribution in [0.5, 0.6) is 11.5 Å². The smallest absolute Gasteiger partial charge is 0.244 e. The second-order valence-corrected chi connectivity index (χ2v) is 7.30. The van der Waals surface area contributed by atoms with Gasteiger partial charge in [-0.15, -0.1) is 0 Å². The number of carbonyl (C=O) groups excluding carboxylic acids is 1. The van der Waals surface area contributed by atoms with Gasteiger partial charge in [0.25, 0.3) is 0 Å². The van der Waals surface area contributed by atoms with Gasteiger partial charge in [0.2, 0.25) is 5.91 Å². The molecule has 0 radical (unpaired) electrons. The van der Waals surface area contributed by atoms with Crippen molar-refractivity contribution >= 4 is 22.4 Å². The molecule has 1 aromatic heterocycles. The van der Waals surface area contributed by atoms with Gasteiger partial charge in [-0.05, 0) is 49.6 Å². The van der Waals surface area contributed by atoms with Crippen molar-refractivity contribution < 1.29 is 23.4 Å². The van der Waals surface area contributed by atoms with Crippen LogP contribution in [0, 0.1) is 6.92 Å². The fourth-order valence-corrected chi connectivity index (χ4v) is 3.62. The minimum Gasteiger partial charge on any atom is -0.497 e. The quantitative estimate of drug-likeness (QED) is 0.388. The van der Waals surface area contributed by atoms with Gasteiger partial charge in [0.1, 0.15) is 17.1 Å².